The number of likely N-dealkylation sites (N-methyl/N-ethyl adjacent to an activating group) is 1. The molecule has 2 rings (SSSR count). The molecule has 0 spiro atoms. The normalized spacial score (nSPS) is 11.6. The van der Waals surface area contributed by atoms with E-state index in [1.807, 2.05) is 24.3 Å². The fraction of sp³-hybridized carbons (Fsp3) is 0.333. The van der Waals surface area contributed by atoms with E-state index in [1.54, 1.807) is 43.1 Å². The van der Waals surface area contributed by atoms with E-state index >= 15 is 0 Å². The standard InChI is InChI=1S/C21H24BrClN2O3/c1-15(21(27)24-2)25(14-16-5-3-6-17(22)13-16)20(26)7-4-12-28-19-10-8-18(23)9-11-19/h3,5-6,8-11,13,15H,4,7,12,14H2,1-2H3,(H,24,27)/t15-/m0/s1. The minimum atomic E-state index is -0.561. The second-order valence-electron chi connectivity index (χ2n) is 6.35. The van der Waals surface area contributed by atoms with Crippen LogP contribution in [0.1, 0.15) is 25.3 Å². The lowest BCUT2D eigenvalue weighted by Crippen LogP contribution is -2.46. The summed E-state index contributed by atoms with van der Waals surface area (Å²) in [6.07, 6.45) is 0.847. The fourth-order valence-electron chi connectivity index (χ4n) is 2.71. The molecule has 28 heavy (non-hydrogen) atoms. The molecule has 2 aromatic carbocycles. The van der Waals surface area contributed by atoms with E-state index in [-0.39, 0.29) is 11.8 Å². The number of carbonyl (C=O) groups is 2. The summed E-state index contributed by atoms with van der Waals surface area (Å²) in [5, 5.41) is 3.26. The molecule has 0 unspecified atom stereocenters. The van der Waals surface area contributed by atoms with Crippen LogP contribution in [0.4, 0.5) is 0 Å². The van der Waals surface area contributed by atoms with Gasteiger partial charge in [-0.2, -0.15) is 0 Å². The zero-order chi connectivity index (χ0) is 20.5. The van der Waals surface area contributed by atoms with E-state index < -0.39 is 6.04 Å². The second kappa shape index (κ2) is 11.1. The first-order valence-electron chi connectivity index (χ1n) is 9.04. The van der Waals surface area contributed by atoms with Gasteiger partial charge in [0.05, 0.1) is 6.61 Å². The number of amides is 2. The van der Waals surface area contributed by atoms with Crippen molar-refractivity contribution in [2.45, 2.75) is 32.4 Å². The topological polar surface area (TPSA) is 58.6 Å². The zero-order valence-corrected chi connectivity index (χ0v) is 18.3. The molecule has 0 aliphatic rings. The van der Waals surface area contributed by atoms with Crippen LogP contribution in [0.15, 0.2) is 53.0 Å². The Hall–Kier alpha value is -2.05. The van der Waals surface area contributed by atoms with Crippen molar-refractivity contribution in [1.29, 1.82) is 0 Å². The Labute approximate surface area is 179 Å². The highest BCUT2D eigenvalue weighted by Crippen LogP contribution is 2.18. The van der Waals surface area contributed by atoms with Crippen LogP contribution < -0.4 is 10.1 Å². The van der Waals surface area contributed by atoms with Crippen LogP contribution in [-0.2, 0) is 16.1 Å². The van der Waals surface area contributed by atoms with Gasteiger partial charge < -0.3 is 15.0 Å². The maximum Gasteiger partial charge on any atom is 0.242 e. The number of hydrogen-bond donors (Lipinski definition) is 1. The summed E-state index contributed by atoms with van der Waals surface area (Å²) in [5.74, 6) is 0.429. The van der Waals surface area contributed by atoms with Crippen molar-refractivity contribution in [2.24, 2.45) is 0 Å². The number of ether oxygens (including phenoxy) is 1. The average molecular weight is 468 g/mol. The van der Waals surface area contributed by atoms with Crippen molar-refractivity contribution in [3.63, 3.8) is 0 Å². The lowest BCUT2D eigenvalue weighted by Gasteiger charge is -2.28. The number of nitrogens with zero attached hydrogens (tertiary/aromatic N) is 1. The molecule has 7 heteroatoms. The molecule has 0 radical (unpaired) electrons. The van der Waals surface area contributed by atoms with Gasteiger partial charge in [0.15, 0.2) is 0 Å². The fourth-order valence-corrected chi connectivity index (χ4v) is 3.28. The monoisotopic (exact) mass is 466 g/mol. The summed E-state index contributed by atoms with van der Waals surface area (Å²) in [4.78, 5) is 26.5. The third-order valence-electron chi connectivity index (χ3n) is 4.27. The molecular formula is C21H24BrClN2O3. The minimum Gasteiger partial charge on any atom is -0.494 e. The number of carbonyl (C=O) groups excluding carboxylic acids is 2. The molecule has 0 heterocycles. The summed E-state index contributed by atoms with van der Waals surface area (Å²) in [5.41, 5.74) is 0.955. The van der Waals surface area contributed by atoms with E-state index in [4.69, 9.17) is 16.3 Å². The van der Waals surface area contributed by atoms with Gasteiger partial charge in [-0.3, -0.25) is 9.59 Å². The Bertz CT molecular complexity index is 798. The maximum absolute atomic E-state index is 12.8. The van der Waals surface area contributed by atoms with E-state index in [0.29, 0.717) is 36.8 Å². The SMILES string of the molecule is CNC(=O)[C@H](C)N(Cc1cccc(Br)c1)C(=O)CCCOc1ccc(Cl)cc1. The molecule has 0 aliphatic carbocycles. The summed E-state index contributed by atoms with van der Waals surface area (Å²) in [6, 6.07) is 14.2. The van der Waals surface area contributed by atoms with Gasteiger partial charge in [0.1, 0.15) is 11.8 Å². The Balaban J connectivity index is 1.95. The molecule has 5 nitrogen and oxygen atoms in total. The number of rotatable bonds is 9. The lowest BCUT2D eigenvalue weighted by molar-refractivity contribution is -0.140. The van der Waals surface area contributed by atoms with E-state index in [1.165, 1.54) is 0 Å². The Morgan fingerprint density at radius 3 is 2.57 bits per heavy atom. The lowest BCUT2D eigenvalue weighted by atomic mass is 10.1. The first kappa shape index (κ1) is 22.2. The highest BCUT2D eigenvalue weighted by molar-refractivity contribution is 9.10. The van der Waals surface area contributed by atoms with Crippen LogP contribution in [0.5, 0.6) is 5.75 Å². The molecule has 0 saturated carbocycles. The number of halogens is 2. The first-order valence-corrected chi connectivity index (χ1v) is 10.2. The van der Waals surface area contributed by atoms with Gasteiger partial charge in [-0.05, 0) is 55.3 Å². The predicted molar refractivity (Wildman–Crippen MR) is 114 cm³/mol. The molecule has 0 fully saturated rings. The van der Waals surface area contributed by atoms with Gasteiger partial charge >= 0.3 is 0 Å². The van der Waals surface area contributed by atoms with Crippen molar-refractivity contribution in [1.82, 2.24) is 10.2 Å². The summed E-state index contributed by atoms with van der Waals surface area (Å²) in [6.45, 7) is 2.51. The van der Waals surface area contributed by atoms with Crippen LogP contribution in [-0.4, -0.2) is 36.4 Å². The third kappa shape index (κ3) is 6.84. The highest BCUT2D eigenvalue weighted by Gasteiger charge is 2.25. The van der Waals surface area contributed by atoms with Crippen LogP contribution in [0.3, 0.4) is 0 Å². The van der Waals surface area contributed by atoms with Crippen molar-refractivity contribution < 1.29 is 14.3 Å². The minimum absolute atomic E-state index is 0.0872. The van der Waals surface area contributed by atoms with Crippen LogP contribution in [0, 0.1) is 0 Å². The second-order valence-corrected chi connectivity index (χ2v) is 7.70. The van der Waals surface area contributed by atoms with Gasteiger partial charge in [0.2, 0.25) is 11.8 Å². The molecule has 2 aromatic rings. The van der Waals surface area contributed by atoms with Gasteiger partial charge in [0.25, 0.3) is 0 Å². The van der Waals surface area contributed by atoms with Gasteiger partial charge in [-0.25, -0.2) is 0 Å². The Kier molecular flexibility index (Phi) is 8.80. The van der Waals surface area contributed by atoms with Crippen molar-refractivity contribution in [2.75, 3.05) is 13.7 Å². The third-order valence-corrected chi connectivity index (χ3v) is 5.02. The number of hydrogen-bond acceptors (Lipinski definition) is 3. The summed E-state index contributed by atoms with van der Waals surface area (Å²) in [7, 11) is 1.57. The Morgan fingerprint density at radius 2 is 1.93 bits per heavy atom. The molecule has 0 bridgehead atoms. The molecule has 2 amide bonds. The van der Waals surface area contributed by atoms with Crippen LogP contribution in [0.2, 0.25) is 5.02 Å². The molecule has 0 aromatic heterocycles. The van der Waals surface area contributed by atoms with Crippen LogP contribution in [0.25, 0.3) is 0 Å². The predicted octanol–water partition coefficient (Wildman–Crippen LogP) is 4.42. The van der Waals surface area contributed by atoms with E-state index in [0.717, 1.165) is 10.0 Å². The number of nitrogens with one attached hydrogen (secondary N) is 1. The molecule has 1 N–H and O–H groups in total. The van der Waals surface area contributed by atoms with Crippen molar-refractivity contribution in [3.05, 3.63) is 63.6 Å². The average Bonchev–Trinajstić information content (AvgIpc) is 2.69. The molecule has 150 valence electrons. The molecule has 1 atom stereocenters. The Morgan fingerprint density at radius 1 is 1.21 bits per heavy atom. The molecular weight excluding hydrogens is 444 g/mol. The van der Waals surface area contributed by atoms with E-state index in [9.17, 15) is 9.59 Å². The summed E-state index contributed by atoms with van der Waals surface area (Å²) >= 11 is 9.29. The first-order chi connectivity index (χ1) is 13.4. The quantitative estimate of drug-likeness (QED) is 0.555. The maximum atomic E-state index is 12.8. The van der Waals surface area contributed by atoms with Crippen molar-refractivity contribution in [3.8, 4) is 5.75 Å². The highest BCUT2D eigenvalue weighted by atomic mass is 79.9. The van der Waals surface area contributed by atoms with Gasteiger partial charge in [-0.15, -0.1) is 0 Å². The van der Waals surface area contributed by atoms with Crippen LogP contribution >= 0.6 is 27.5 Å². The van der Waals surface area contributed by atoms with E-state index in [2.05, 4.69) is 21.2 Å². The van der Waals surface area contributed by atoms with Crippen molar-refractivity contribution >= 4 is 39.3 Å². The summed E-state index contributed by atoms with van der Waals surface area (Å²) < 4.78 is 6.57. The number of benzene rings is 2. The van der Waals surface area contributed by atoms with Gasteiger partial charge in [-0.1, -0.05) is 39.7 Å². The van der Waals surface area contributed by atoms with Gasteiger partial charge in [0, 0.05) is 29.5 Å². The molecule has 0 saturated heterocycles. The molecule has 0 aliphatic heterocycles. The smallest absolute Gasteiger partial charge is 0.242 e. The zero-order valence-electron chi connectivity index (χ0n) is 16.0. The largest absolute Gasteiger partial charge is 0.494 e.